The lowest BCUT2D eigenvalue weighted by Gasteiger charge is -1.95. The predicted octanol–water partition coefficient (Wildman–Crippen LogP) is 1.13. The molecule has 4 heteroatoms. The highest BCUT2D eigenvalue weighted by Crippen LogP contribution is 2.05. The van der Waals surface area contributed by atoms with E-state index in [0.717, 1.165) is 5.56 Å². The number of aliphatic imine (C=N–C) groups is 1. The Bertz CT molecular complexity index is 400. The summed E-state index contributed by atoms with van der Waals surface area (Å²) < 4.78 is 0. The van der Waals surface area contributed by atoms with Gasteiger partial charge in [0, 0.05) is 11.8 Å². The van der Waals surface area contributed by atoms with Gasteiger partial charge in [-0.1, -0.05) is 12.1 Å². The lowest BCUT2D eigenvalue weighted by atomic mass is 10.1. The van der Waals surface area contributed by atoms with Gasteiger partial charge in [-0.05, 0) is 30.7 Å². The molecule has 0 aliphatic carbocycles. The SMILES string of the molecule is CC(N)=NC=Cc1ccc(C(N)=O)cc1. The minimum absolute atomic E-state index is 0.429. The van der Waals surface area contributed by atoms with E-state index in [2.05, 4.69) is 4.99 Å². The van der Waals surface area contributed by atoms with Crippen LogP contribution in [0.2, 0.25) is 0 Å². The Morgan fingerprint density at radius 1 is 1.27 bits per heavy atom. The topological polar surface area (TPSA) is 81.5 Å². The van der Waals surface area contributed by atoms with Gasteiger partial charge in [0.1, 0.15) is 0 Å². The number of carbonyl (C=O) groups excluding carboxylic acids is 1. The van der Waals surface area contributed by atoms with Crippen molar-refractivity contribution in [1.82, 2.24) is 0 Å². The Labute approximate surface area is 88.3 Å². The number of primary amides is 1. The number of hydrogen-bond donors (Lipinski definition) is 2. The van der Waals surface area contributed by atoms with Crippen molar-refractivity contribution in [2.45, 2.75) is 6.92 Å². The fourth-order valence-electron chi connectivity index (χ4n) is 0.999. The number of amidine groups is 1. The Hall–Kier alpha value is -2.10. The van der Waals surface area contributed by atoms with E-state index >= 15 is 0 Å². The second kappa shape index (κ2) is 4.95. The van der Waals surface area contributed by atoms with Gasteiger partial charge < -0.3 is 11.5 Å². The molecule has 0 radical (unpaired) electrons. The average molecular weight is 203 g/mol. The number of rotatable bonds is 3. The second-order valence-corrected chi connectivity index (χ2v) is 3.07. The standard InChI is InChI=1S/C11H13N3O/c1-8(12)14-7-6-9-2-4-10(5-3-9)11(13)15/h2-7H,1H3,(H2,12,14)(H2,13,15). The molecule has 0 atom stereocenters. The summed E-state index contributed by atoms with van der Waals surface area (Å²) in [5.41, 5.74) is 11.9. The van der Waals surface area contributed by atoms with Gasteiger partial charge in [-0.15, -0.1) is 0 Å². The van der Waals surface area contributed by atoms with Crippen molar-refractivity contribution in [2.75, 3.05) is 0 Å². The number of nitrogens with two attached hydrogens (primary N) is 2. The molecule has 1 rings (SSSR count). The molecule has 4 N–H and O–H groups in total. The van der Waals surface area contributed by atoms with E-state index in [1.54, 1.807) is 43.5 Å². The first-order chi connectivity index (χ1) is 7.09. The molecule has 1 amide bonds. The highest BCUT2D eigenvalue weighted by atomic mass is 16.1. The molecule has 0 spiro atoms. The summed E-state index contributed by atoms with van der Waals surface area (Å²) in [5.74, 6) is 0.0707. The quantitative estimate of drug-likeness (QED) is 0.570. The van der Waals surface area contributed by atoms with Crippen LogP contribution in [0.4, 0.5) is 0 Å². The molecular formula is C11H13N3O. The molecule has 0 aromatic heterocycles. The van der Waals surface area contributed by atoms with E-state index in [-0.39, 0.29) is 0 Å². The van der Waals surface area contributed by atoms with Crippen molar-refractivity contribution < 1.29 is 4.79 Å². The fourth-order valence-corrected chi connectivity index (χ4v) is 0.999. The van der Waals surface area contributed by atoms with Crippen LogP contribution < -0.4 is 11.5 Å². The average Bonchev–Trinajstić information content (AvgIpc) is 2.18. The van der Waals surface area contributed by atoms with Gasteiger partial charge in [-0.25, -0.2) is 4.99 Å². The van der Waals surface area contributed by atoms with Crippen molar-refractivity contribution in [3.8, 4) is 0 Å². The van der Waals surface area contributed by atoms with Crippen molar-refractivity contribution in [2.24, 2.45) is 16.5 Å². The smallest absolute Gasteiger partial charge is 0.248 e. The zero-order chi connectivity index (χ0) is 11.3. The van der Waals surface area contributed by atoms with Crippen LogP contribution in [0.5, 0.6) is 0 Å². The molecule has 0 saturated heterocycles. The van der Waals surface area contributed by atoms with Crippen molar-refractivity contribution in [3.05, 3.63) is 41.6 Å². The number of carbonyl (C=O) groups is 1. The minimum atomic E-state index is -0.429. The van der Waals surface area contributed by atoms with Gasteiger partial charge >= 0.3 is 0 Å². The summed E-state index contributed by atoms with van der Waals surface area (Å²) in [6.07, 6.45) is 3.40. The molecule has 0 fully saturated rings. The van der Waals surface area contributed by atoms with Crippen LogP contribution in [-0.2, 0) is 0 Å². The van der Waals surface area contributed by atoms with E-state index in [0.29, 0.717) is 11.4 Å². The van der Waals surface area contributed by atoms with Gasteiger partial charge in [0.25, 0.3) is 0 Å². The molecule has 0 unspecified atom stereocenters. The third-order valence-electron chi connectivity index (χ3n) is 1.74. The molecule has 1 aromatic carbocycles. The molecule has 0 aliphatic rings. The number of hydrogen-bond acceptors (Lipinski definition) is 2. The van der Waals surface area contributed by atoms with Gasteiger partial charge in [-0.3, -0.25) is 4.79 Å². The first-order valence-corrected chi connectivity index (χ1v) is 4.46. The first kappa shape index (κ1) is 11.0. The Balaban J connectivity index is 2.77. The molecule has 1 aromatic rings. The van der Waals surface area contributed by atoms with Crippen LogP contribution in [0.15, 0.2) is 35.5 Å². The highest BCUT2D eigenvalue weighted by Gasteiger charge is 1.97. The van der Waals surface area contributed by atoms with Gasteiger partial charge in [0.2, 0.25) is 5.91 Å². The monoisotopic (exact) mass is 203 g/mol. The predicted molar refractivity (Wildman–Crippen MR) is 61.3 cm³/mol. The maximum atomic E-state index is 10.8. The zero-order valence-electron chi connectivity index (χ0n) is 8.47. The van der Waals surface area contributed by atoms with Crippen LogP contribution in [-0.4, -0.2) is 11.7 Å². The van der Waals surface area contributed by atoms with Crippen molar-refractivity contribution in [1.29, 1.82) is 0 Å². The molecular weight excluding hydrogens is 190 g/mol. The van der Waals surface area contributed by atoms with Gasteiger partial charge in [-0.2, -0.15) is 0 Å². The van der Waals surface area contributed by atoms with E-state index in [4.69, 9.17) is 11.5 Å². The highest BCUT2D eigenvalue weighted by molar-refractivity contribution is 5.92. The fraction of sp³-hybridized carbons (Fsp3) is 0.0909. The number of benzene rings is 1. The van der Waals surface area contributed by atoms with Crippen LogP contribution in [0, 0.1) is 0 Å². The van der Waals surface area contributed by atoms with Crippen LogP contribution in [0.25, 0.3) is 6.08 Å². The van der Waals surface area contributed by atoms with E-state index in [1.807, 2.05) is 0 Å². The molecule has 0 aliphatic heterocycles. The van der Waals surface area contributed by atoms with Crippen molar-refractivity contribution in [3.63, 3.8) is 0 Å². The summed E-state index contributed by atoms with van der Waals surface area (Å²) in [6.45, 7) is 1.71. The largest absolute Gasteiger partial charge is 0.387 e. The van der Waals surface area contributed by atoms with E-state index in [9.17, 15) is 4.79 Å². The summed E-state index contributed by atoms with van der Waals surface area (Å²) >= 11 is 0. The van der Waals surface area contributed by atoms with Crippen LogP contribution in [0.1, 0.15) is 22.8 Å². The number of nitrogens with zero attached hydrogens (tertiary/aromatic N) is 1. The van der Waals surface area contributed by atoms with Crippen molar-refractivity contribution >= 4 is 17.8 Å². The summed E-state index contributed by atoms with van der Waals surface area (Å²) in [5, 5.41) is 0. The first-order valence-electron chi connectivity index (χ1n) is 4.46. The molecule has 0 saturated carbocycles. The molecule has 4 nitrogen and oxygen atoms in total. The second-order valence-electron chi connectivity index (χ2n) is 3.07. The molecule has 0 heterocycles. The maximum Gasteiger partial charge on any atom is 0.248 e. The molecule has 78 valence electrons. The lowest BCUT2D eigenvalue weighted by molar-refractivity contribution is 0.100. The number of amides is 1. The zero-order valence-corrected chi connectivity index (χ0v) is 8.47. The Kier molecular flexibility index (Phi) is 3.62. The minimum Gasteiger partial charge on any atom is -0.387 e. The summed E-state index contributed by atoms with van der Waals surface area (Å²) in [6, 6.07) is 6.91. The molecule has 0 bridgehead atoms. The Morgan fingerprint density at radius 2 is 1.87 bits per heavy atom. The summed E-state index contributed by atoms with van der Waals surface area (Å²) in [4.78, 5) is 14.7. The lowest BCUT2D eigenvalue weighted by Crippen LogP contribution is -2.10. The van der Waals surface area contributed by atoms with Crippen LogP contribution >= 0.6 is 0 Å². The van der Waals surface area contributed by atoms with Crippen LogP contribution in [0.3, 0.4) is 0 Å². The Morgan fingerprint density at radius 3 is 2.33 bits per heavy atom. The third kappa shape index (κ3) is 3.64. The van der Waals surface area contributed by atoms with E-state index in [1.165, 1.54) is 0 Å². The summed E-state index contributed by atoms with van der Waals surface area (Å²) in [7, 11) is 0. The van der Waals surface area contributed by atoms with Gasteiger partial charge in [0.15, 0.2) is 0 Å². The normalized spacial score (nSPS) is 11.9. The van der Waals surface area contributed by atoms with Gasteiger partial charge in [0.05, 0.1) is 5.84 Å². The third-order valence-corrected chi connectivity index (χ3v) is 1.74. The maximum absolute atomic E-state index is 10.8. The van der Waals surface area contributed by atoms with E-state index < -0.39 is 5.91 Å². The molecule has 15 heavy (non-hydrogen) atoms.